The van der Waals surface area contributed by atoms with Crippen LogP contribution in [0.4, 0.5) is 8.78 Å². The molecule has 0 spiro atoms. The van der Waals surface area contributed by atoms with Crippen molar-refractivity contribution in [2.45, 2.75) is 19.4 Å². The van der Waals surface area contributed by atoms with Gasteiger partial charge in [-0.2, -0.15) is 0 Å². The maximum absolute atomic E-state index is 14.8. The number of hydrogen-bond donors (Lipinski definition) is 1. The summed E-state index contributed by atoms with van der Waals surface area (Å²) >= 11 is 0. The van der Waals surface area contributed by atoms with Gasteiger partial charge in [-0.1, -0.05) is 24.3 Å². The SMILES string of the molecule is O=C(O)c1ccc(CN(CC2CC2)C(=O)c2ccc(Oc3ccccc3F)cc2F)cc1. The molecule has 3 aromatic carbocycles. The second-order valence-corrected chi connectivity index (χ2v) is 7.81. The molecule has 1 saturated carbocycles. The molecular formula is C25H21F2NO4. The van der Waals surface area contributed by atoms with Crippen molar-refractivity contribution in [3.63, 3.8) is 0 Å². The van der Waals surface area contributed by atoms with E-state index in [0.29, 0.717) is 12.5 Å². The molecule has 164 valence electrons. The fourth-order valence-electron chi connectivity index (χ4n) is 3.36. The molecule has 32 heavy (non-hydrogen) atoms. The van der Waals surface area contributed by atoms with Gasteiger partial charge in [-0.15, -0.1) is 0 Å². The largest absolute Gasteiger partial charge is 0.478 e. The van der Waals surface area contributed by atoms with Gasteiger partial charge < -0.3 is 14.7 Å². The maximum atomic E-state index is 14.8. The fourth-order valence-corrected chi connectivity index (χ4v) is 3.36. The molecule has 0 radical (unpaired) electrons. The lowest BCUT2D eigenvalue weighted by Crippen LogP contribution is -2.33. The first kappa shape index (κ1) is 21.5. The molecule has 1 fully saturated rings. The Morgan fingerprint density at radius 1 is 0.969 bits per heavy atom. The minimum Gasteiger partial charge on any atom is -0.478 e. The van der Waals surface area contributed by atoms with Gasteiger partial charge in [0, 0.05) is 19.2 Å². The summed E-state index contributed by atoms with van der Waals surface area (Å²) in [7, 11) is 0. The average molecular weight is 437 g/mol. The van der Waals surface area contributed by atoms with Crippen LogP contribution < -0.4 is 4.74 Å². The maximum Gasteiger partial charge on any atom is 0.335 e. The van der Waals surface area contributed by atoms with E-state index in [0.717, 1.165) is 24.5 Å². The number of carboxylic acid groups (broad SMARTS) is 1. The number of halogens is 2. The van der Waals surface area contributed by atoms with Crippen molar-refractivity contribution < 1.29 is 28.2 Å². The van der Waals surface area contributed by atoms with Gasteiger partial charge in [-0.05, 0) is 60.7 Å². The Hall–Kier alpha value is -3.74. The normalized spacial score (nSPS) is 12.9. The van der Waals surface area contributed by atoms with Crippen molar-refractivity contribution >= 4 is 11.9 Å². The molecule has 0 heterocycles. The molecule has 0 aromatic heterocycles. The number of carbonyl (C=O) groups excluding carboxylic acids is 1. The third-order valence-electron chi connectivity index (χ3n) is 5.27. The zero-order valence-corrected chi connectivity index (χ0v) is 17.1. The van der Waals surface area contributed by atoms with Crippen LogP contribution in [0.15, 0.2) is 66.7 Å². The Morgan fingerprint density at radius 2 is 1.69 bits per heavy atom. The summed E-state index contributed by atoms with van der Waals surface area (Å²) < 4.78 is 34.0. The van der Waals surface area contributed by atoms with Crippen LogP contribution in [0.25, 0.3) is 0 Å². The third-order valence-corrected chi connectivity index (χ3v) is 5.27. The molecule has 0 unspecified atom stereocenters. The fraction of sp³-hybridized carbons (Fsp3) is 0.200. The van der Waals surface area contributed by atoms with Crippen molar-refractivity contribution in [3.8, 4) is 11.5 Å². The molecule has 1 aliphatic carbocycles. The number of carbonyl (C=O) groups is 2. The lowest BCUT2D eigenvalue weighted by Gasteiger charge is -2.23. The molecule has 1 aliphatic rings. The first-order valence-electron chi connectivity index (χ1n) is 10.2. The Kier molecular flexibility index (Phi) is 6.16. The second kappa shape index (κ2) is 9.18. The number of para-hydroxylation sites is 1. The molecular weight excluding hydrogens is 416 g/mol. The summed E-state index contributed by atoms with van der Waals surface area (Å²) in [6.45, 7) is 0.731. The van der Waals surface area contributed by atoms with E-state index in [2.05, 4.69) is 0 Å². The highest BCUT2D eigenvalue weighted by Crippen LogP contribution is 2.31. The molecule has 7 heteroatoms. The minimum absolute atomic E-state index is 0.0360. The van der Waals surface area contributed by atoms with Gasteiger partial charge in [0.2, 0.25) is 0 Å². The summed E-state index contributed by atoms with van der Waals surface area (Å²) in [5, 5.41) is 9.05. The third kappa shape index (κ3) is 5.11. The van der Waals surface area contributed by atoms with Crippen molar-refractivity contribution in [1.29, 1.82) is 0 Å². The first-order valence-corrected chi connectivity index (χ1v) is 10.2. The van der Waals surface area contributed by atoms with E-state index in [-0.39, 0.29) is 29.2 Å². The number of carboxylic acids is 1. The van der Waals surface area contributed by atoms with E-state index in [4.69, 9.17) is 9.84 Å². The molecule has 3 aromatic rings. The average Bonchev–Trinajstić information content (AvgIpc) is 3.59. The molecule has 4 rings (SSSR count). The van der Waals surface area contributed by atoms with Crippen molar-refractivity contribution in [2.75, 3.05) is 6.54 Å². The summed E-state index contributed by atoms with van der Waals surface area (Å²) in [6, 6.07) is 15.9. The van der Waals surface area contributed by atoms with Gasteiger partial charge in [-0.3, -0.25) is 4.79 Å². The number of rotatable bonds is 8. The number of hydrogen-bond acceptors (Lipinski definition) is 3. The first-order chi connectivity index (χ1) is 15.4. The highest BCUT2D eigenvalue weighted by molar-refractivity contribution is 5.94. The van der Waals surface area contributed by atoms with E-state index in [1.54, 1.807) is 23.1 Å². The Labute approximate surface area is 183 Å². The van der Waals surface area contributed by atoms with E-state index in [1.165, 1.54) is 42.5 Å². The molecule has 0 saturated heterocycles. The van der Waals surface area contributed by atoms with E-state index in [1.807, 2.05) is 0 Å². The smallest absolute Gasteiger partial charge is 0.335 e. The Balaban J connectivity index is 1.52. The van der Waals surface area contributed by atoms with Gasteiger partial charge in [0.15, 0.2) is 11.6 Å². The van der Waals surface area contributed by atoms with Crippen molar-refractivity contribution in [1.82, 2.24) is 4.90 Å². The molecule has 1 N–H and O–H groups in total. The van der Waals surface area contributed by atoms with E-state index >= 15 is 0 Å². The standard InChI is InChI=1S/C25H21F2NO4/c26-21-3-1-2-4-23(21)32-19-11-12-20(22(27)13-19)24(29)28(14-16-5-6-16)15-17-7-9-18(10-8-17)25(30)31/h1-4,7-13,16H,5-6,14-15H2,(H,30,31). The minimum atomic E-state index is -1.03. The second-order valence-electron chi connectivity index (χ2n) is 7.81. The van der Waals surface area contributed by atoms with Crippen LogP contribution in [0.2, 0.25) is 0 Å². The highest BCUT2D eigenvalue weighted by Gasteiger charge is 2.28. The highest BCUT2D eigenvalue weighted by atomic mass is 19.1. The summed E-state index contributed by atoms with van der Waals surface area (Å²) in [5.41, 5.74) is 0.808. The van der Waals surface area contributed by atoms with Crippen LogP contribution in [-0.4, -0.2) is 28.4 Å². The Morgan fingerprint density at radius 3 is 2.31 bits per heavy atom. The lowest BCUT2D eigenvalue weighted by atomic mass is 10.1. The van der Waals surface area contributed by atoms with E-state index < -0.39 is 23.5 Å². The van der Waals surface area contributed by atoms with Crippen molar-refractivity contribution in [2.24, 2.45) is 5.92 Å². The monoisotopic (exact) mass is 437 g/mol. The number of amides is 1. The van der Waals surface area contributed by atoms with Gasteiger partial charge in [0.25, 0.3) is 5.91 Å². The number of aromatic carboxylic acids is 1. The van der Waals surface area contributed by atoms with Gasteiger partial charge >= 0.3 is 5.97 Å². The van der Waals surface area contributed by atoms with Gasteiger partial charge in [0.1, 0.15) is 11.6 Å². The van der Waals surface area contributed by atoms with Gasteiger partial charge in [0.05, 0.1) is 11.1 Å². The molecule has 0 atom stereocenters. The molecule has 5 nitrogen and oxygen atoms in total. The van der Waals surface area contributed by atoms with Crippen LogP contribution in [0.1, 0.15) is 39.1 Å². The topological polar surface area (TPSA) is 66.8 Å². The zero-order chi connectivity index (χ0) is 22.7. The van der Waals surface area contributed by atoms with Gasteiger partial charge in [-0.25, -0.2) is 13.6 Å². The van der Waals surface area contributed by atoms with E-state index in [9.17, 15) is 18.4 Å². The number of benzene rings is 3. The molecule has 0 aliphatic heterocycles. The van der Waals surface area contributed by atoms with Crippen LogP contribution >= 0.6 is 0 Å². The van der Waals surface area contributed by atoms with Crippen molar-refractivity contribution in [3.05, 3.63) is 95.1 Å². The predicted octanol–water partition coefficient (Wildman–Crippen LogP) is 5.51. The molecule has 0 bridgehead atoms. The van der Waals surface area contributed by atoms with Crippen LogP contribution in [0, 0.1) is 17.6 Å². The lowest BCUT2D eigenvalue weighted by molar-refractivity contribution is 0.0693. The molecule has 1 amide bonds. The summed E-state index contributed by atoms with van der Waals surface area (Å²) in [4.78, 5) is 25.7. The number of ether oxygens (including phenoxy) is 1. The number of nitrogens with zero attached hydrogens (tertiary/aromatic N) is 1. The predicted molar refractivity (Wildman–Crippen MR) is 114 cm³/mol. The van der Waals surface area contributed by atoms with Crippen LogP contribution in [0.5, 0.6) is 11.5 Å². The quantitative estimate of drug-likeness (QED) is 0.505. The van der Waals surface area contributed by atoms with Crippen LogP contribution in [-0.2, 0) is 6.54 Å². The summed E-state index contributed by atoms with van der Waals surface area (Å²) in [6.07, 6.45) is 2.03. The Bertz CT molecular complexity index is 1140. The zero-order valence-electron chi connectivity index (χ0n) is 17.1. The van der Waals surface area contributed by atoms with Crippen LogP contribution in [0.3, 0.4) is 0 Å². The summed E-state index contributed by atoms with van der Waals surface area (Å²) in [5.74, 6) is -2.39.